The third-order valence-electron chi connectivity index (χ3n) is 6.67. The fourth-order valence-electron chi connectivity index (χ4n) is 4.61. The summed E-state index contributed by atoms with van der Waals surface area (Å²) in [7, 11) is 4.05. The average Bonchev–Trinajstić information content (AvgIpc) is 3.29. The first-order chi connectivity index (χ1) is 17.9. The van der Waals surface area contributed by atoms with E-state index in [1.165, 1.54) is 5.56 Å². The molecule has 2 atom stereocenters. The second-order valence-corrected chi connectivity index (χ2v) is 9.66. The lowest BCUT2D eigenvalue weighted by Crippen LogP contribution is -2.21. The summed E-state index contributed by atoms with van der Waals surface area (Å²) in [5, 5.41) is 3.46. The summed E-state index contributed by atoms with van der Waals surface area (Å²) < 4.78 is 2.05. The Labute approximate surface area is 218 Å². The molecule has 2 heterocycles. The monoisotopic (exact) mass is 491 g/mol. The van der Waals surface area contributed by atoms with E-state index in [-0.39, 0.29) is 12.1 Å². The third kappa shape index (κ3) is 5.32. The van der Waals surface area contributed by atoms with Crippen LogP contribution >= 0.6 is 0 Å². The van der Waals surface area contributed by atoms with Crippen LogP contribution in [0.1, 0.15) is 31.0 Å². The highest BCUT2D eigenvalue weighted by atomic mass is 15.2. The van der Waals surface area contributed by atoms with Crippen molar-refractivity contribution in [2.75, 3.05) is 17.3 Å². The number of benzene rings is 3. The van der Waals surface area contributed by atoms with Crippen molar-refractivity contribution in [3.8, 4) is 11.1 Å². The SMILES string of the molecule is CC(Cc1cccc([C@H](C)N)c1)Nc1nccc(N(C)c2cc(-c3ccccc3)c3ncn(C)c3c2)n1. The normalized spacial score (nSPS) is 12.9. The Morgan fingerprint density at radius 3 is 2.57 bits per heavy atom. The molecule has 0 bridgehead atoms. The van der Waals surface area contributed by atoms with Gasteiger partial charge in [-0.05, 0) is 55.2 Å². The molecule has 5 rings (SSSR count). The van der Waals surface area contributed by atoms with Gasteiger partial charge < -0.3 is 20.5 Å². The first-order valence-electron chi connectivity index (χ1n) is 12.6. The molecule has 3 aromatic carbocycles. The number of hydrogen-bond acceptors (Lipinski definition) is 6. The van der Waals surface area contributed by atoms with Gasteiger partial charge in [-0.25, -0.2) is 9.97 Å². The van der Waals surface area contributed by atoms with Crippen LogP contribution in [-0.4, -0.2) is 32.6 Å². The zero-order valence-electron chi connectivity index (χ0n) is 21.8. The lowest BCUT2D eigenvalue weighted by atomic mass is 10.0. The Balaban J connectivity index is 1.40. The number of anilines is 3. The van der Waals surface area contributed by atoms with Gasteiger partial charge in [0.15, 0.2) is 0 Å². The quantitative estimate of drug-likeness (QED) is 0.283. The number of nitrogens with zero attached hydrogens (tertiary/aromatic N) is 5. The van der Waals surface area contributed by atoms with Crippen LogP contribution in [0.15, 0.2) is 85.3 Å². The van der Waals surface area contributed by atoms with Crippen LogP contribution in [0.3, 0.4) is 0 Å². The van der Waals surface area contributed by atoms with Crippen LogP contribution in [-0.2, 0) is 13.5 Å². The number of aryl methyl sites for hydroxylation is 1. The van der Waals surface area contributed by atoms with Crippen molar-refractivity contribution in [3.05, 3.63) is 96.4 Å². The number of aromatic nitrogens is 4. The second-order valence-electron chi connectivity index (χ2n) is 9.66. The van der Waals surface area contributed by atoms with E-state index >= 15 is 0 Å². The molecule has 3 N–H and O–H groups in total. The predicted molar refractivity (Wildman–Crippen MR) is 152 cm³/mol. The van der Waals surface area contributed by atoms with Gasteiger partial charge in [0, 0.05) is 43.6 Å². The molecule has 0 amide bonds. The molecule has 0 spiro atoms. The third-order valence-corrected chi connectivity index (χ3v) is 6.67. The summed E-state index contributed by atoms with van der Waals surface area (Å²) in [6.45, 7) is 4.15. The van der Waals surface area contributed by atoms with Gasteiger partial charge in [-0.2, -0.15) is 4.98 Å². The molecule has 188 valence electrons. The van der Waals surface area contributed by atoms with Gasteiger partial charge in [0.05, 0.1) is 17.4 Å². The van der Waals surface area contributed by atoms with Crippen molar-refractivity contribution < 1.29 is 0 Å². The number of rotatable bonds is 8. The number of nitrogens with two attached hydrogens (primary N) is 1. The van der Waals surface area contributed by atoms with E-state index in [0.29, 0.717) is 5.95 Å². The zero-order chi connectivity index (χ0) is 25.9. The Bertz CT molecular complexity index is 1510. The summed E-state index contributed by atoms with van der Waals surface area (Å²) in [6, 6.07) is 25.2. The van der Waals surface area contributed by atoms with Crippen molar-refractivity contribution in [1.29, 1.82) is 0 Å². The minimum atomic E-state index is 0.0201. The fourth-order valence-corrected chi connectivity index (χ4v) is 4.61. The Hall–Kier alpha value is -4.23. The standard InChI is InChI=1S/C30H33N7/c1-20(15-22-9-8-12-24(16-22)21(2)31)34-30-32-14-13-28(35-30)37(4)25-17-26(23-10-6-5-7-11-23)29-27(18-25)36(3)19-33-29/h5-14,16-21H,15,31H2,1-4H3,(H,32,34,35)/t20?,21-/m0/s1. The maximum atomic E-state index is 6.06. The molecule has 7 heteroatoms. The van der Waals surface area contributed by atoms with E-state index in [9.17, 15) is 0 Å². The highest BCUT2D eigenvalue weighted by molar-refractivity contribution is 5.95. The van der Waals surface area contributed by atoms with Crippen molar-refractivity contribution in [2.45, 2.75) is 32.4 Å². The molecule has 1 unspecified atom stereocenters. The minimum Gasteiger partial charge on any atom is -0.351 e. The molecule has 5 aromatic rings. The molecule has 2 aromatic heterocycles. The van der Waals surface area contributed by atoms with Gasteiger partial charge in [0.2, 0.25) is 5.95 Å². The predicted octanol–water partition coefficient (Wildman–Crippen LogP) is 5.86. The molecule has 0 saturated heterocycles. The fraction of sp³-hybridized carbons (Fsp3) is 0.233. The lowest BCUT2D eigenvalue weighted by Gasteiger charge is -2.21. The Morgan fingerprint density at radius 1 is 0.973 bits per heavy atom. The first-order valence-corrected chi connectivity index (χ1v) is 12.6. The Kier molecular flexibility index (Phi) is 6.88. The zero-order valence-corrected chi connectivity index (χ0v) is 21.8. The van der Waals surface area contributed by atoms with Crippen molar-refractivity contribution in [3.63, 3.8) is 0 Å². The average molecular weight is 492 g/mol. The molecule has 0 aliphatic rings. The maximum absolute atomic E-state index is 6.06. The van der Waals surface area contributed by atoms with E-state index < -0.39 is 0 Å². The van der Waals surface area contributed by atoms with E-state index in [1.807, 2.05) is 44.0 Å². The molecule has 37 heavy (non-hydrogen) atoms. The largest absolute Gasteiger partial charge is 0.351 e. The van der Waals surface area contributed by atoms with Gasteiger partial charge in [-0.3, -0.25) is 0 Å². The van der Waals surface area contributed by atoms with Crippen LogP contribution in [0.2, 0.25) is 0 Å². The van der Waals surface area contributed by atoms with E-state index in [1.54, 1.807) is 6.20 Å². The molecular weight excluding hydrogens is 458 g/mol. The summed E-state index contributed by atoms with van der Waals surface area (Å²) >= 11 is 0. The molecule has 0 aliphatic carbocycles. The van der Waals surface area contributed by atoms with E-state index in [4.69, 9.17) is 10.7 Å². The summed E-state index contributed by atoms with van der Waals surface area (Å²) in [5.41, 5.74) is 13.7. The molecule has 0 saturated carbocycles. The molecule has 0 radical (unpaired) electrons. The number of fused-ring (bicyclic) bond motifs is 1. The highest BCUT2D eigenvalue weighted by Crippen LogP contribution is 2.34. The van der Waals surface area contributed by atoms with Gasteiger partial charge >= 0.3 is 0 Å². The lowest BCUT2D eigenvalue weighted by molar-refractivity contribution is 0.768. The maximum Gasteiger partial charge on any atom is 0.224 e. The minimum absolute atomic E-state index is 0.0201. The molecule has 7 nitrogen and oxygen atoms in total. The van der Waals surface area contributed by atoms with E-state index in [2.05, 4.69) is 87.8 Å². The smallest absolute Gasteiger partial charge is 0.224 e. The van der Waals surface area contributed by atoms with Crippen LogP contribution in [0.25, 0.3) is 22.2 Å². The van der Waals surface area contributed by atoms with Gasteiger partial charge in [-0.15, -0.1) is 0 Å². The summed E-state index contributed by atoms with van der Waals surface area (Å²) in [5.74, 6) is 1.41. The first kappa shape index (κ1) is 24.5. The van der Waals surface area contributed by atoms with Crippen molar-refractivity contribution in [1.82, 2.24) is 19.5 Å². The summed E-state index contributed by atoms with van der Waals surface area (Å²) in [6.07, 6.45) is 4.51. The van der Waals surface area contributed by atoms with Crippen LogP contribution in [0.4, 0.5) is 17.5 Å². The topological polar surface area (TPSA) is 84.9 Å². The van der Waals surface area contributed by atoms with Crippen LogP contribution < -0.4 is 16.0 Å². The van der Waals surface area contributed by atoms with Gasteiger partial charge in [0.25, 0.3) is 0 Å². The molecule has 0 aliphatic heterocycles. The van der Waals surface area contributed by atoms with E-state index in [0.717, 1.165) is 45.6 Å². The number of hydrogen-bond donors (Lipinski definition) is 2. The van der Waals surface area contributed by atoms with Crippen molar-refractivity contribution in [2.24, 2.45) is 12.8 Å². The highest BCUT2D eigenvalue weighted by Gasteiger charge is 2.15. The molecular formula is C30H33N7. The Morgan fingerprint density at radius 2 is 1.78 bits per heavy atom. The van der Waals surface area contributed by atoms with Crippen LogP contribution in [0.5, 0.6) is 0 Å². The van der Waals surface area contributed by atoms with Crippen molar-refractivity contribution >= 4 is 28.5 Å². The summed E-state index contributed by atoms with van der Waals surface area (Å²) in [4.78, 5) is 16.1. The van der Waals surface area contributed by atoms with Crippen LogP contribution in [0, 0.1) is 0 Å². The molecule has 0 fully saturated rings. The number of nitrogens with one attached hydrogen (secondary N) is 1. The number of imidazole rings is 1. The second kappa shape index (κ2) is 10.4. The van der Waals surface area contributed by atoms with Gasteiger partial charge in [0.1, 0.15) is 5.82 Å². The van der Waals surface area contributed by atoms with Gasteiger partial charge in [-0.1, -0.05) is 54.6 Å².